The minimum absolute atomic E-state index is 0.383. The average Bonchev–Trinajstić information content (AvgIpc) is 2.97. The Morgan fingerprint density at radius 1 is 1.25 bits per heavy atom. The molecule has 0 radical (unpaired) electrons. The molecule has 0 atom stereocenters. The van der Waals surface area contributed by atoms with Crippen LogP contribution in [0.5, 0.6) is 0 Å². The summed E-state index contributed by atoms with van der Waals surface area (Å²) in [5.74, 6) is -1.07. The third-order valence-electron chi connectivity index (χ3n) is 4.21. The number of pyridine rings is 1. The lowest BCUT2D eigenvalue weighted by Crippen LogP contribution is -2.31. The number of nitrogens with one attached hydrogen (secondary N) is 1. The van der Waals surface area contributed by atoms with Crippen molar-refractivity contribution in [2.75, 3.05) is 6.54 Å². The Morgan fingerprint density at radius 2 is 2.12 bits per heavy atom. The zero-order valence-corrected chi connectivity index (χ0v) is 12.6. The second kappa shape index (κ2) is 5.55. The van der Waals surface area contributed by atoms with E-state index in [1.54, 1.807) is 6.20 Å². The summed E-state index contributed by atoms with van der Waals surface area (Å²) in [6.07, 6.45) is 1.05. The molecule has 0 saturated heterocycles. The van der Waals surface area contributed by atoms with Crippen LogP contribution in [-0.4, -0.2) is 31.4 Å². The van der Waals surface area contributed by atoms with Crippen molar-refractivity contribution >= 4 is 11.0 Å². The van der Waals surface area contributed by atoms with Crippen LogP contribution in [-0.2, 0) is 25.7 Å². The third kappa shape index (κ3) is 2.73. The number of H-pyrrole nitrogens is 1. The van der Waals surface area contributed by atoms with E-state index >= 15 is 0 Å². The molecule has 1 N–H and O–H groups in total. The Balaban J connectivity index is 1.57. The van der Waals surface area contributed by atoms with E-state index in [0.717, 1.165) is 28.7 Å². The van der Waals surface area contributed by atoms with Crippen molar-refractivity contribution in [1.82, 2.24) is 24.8 Å². The van der Waals surface area contributed by atoms with Crippen LogP contribution in [0.1, 0.15) is 22.6 Å². The predicted molar refractivity (Wildman–Crippen MR) is 80.9 cm³/mol. The summed E-state index contributed by atoms with van der Waals surface area (Å²) in [5.41, 5.74) is 3.14. The van der Waals surface area contributed by atoms with E-state index in [2.05, 4.69) is 24.8 Å². The fourth-order valence-electron chi connectivity index (χ4n) is 3.01. The van der Waals surface area contributed by atoms with Crippen LogP contribution in [0, 0.1) is 0 Å². The lowest BCUT2D eigenvalue weighted by Gasteiger charge is -2.27. The maximum atomic E-state index is 12.8. The van der Waals surface area contributed by atoms with Crippen molar-refractivity contribution < 1.29 is 13.2 Å². The van der Waals surface area contributed by atoms with Gasteiger partial charge >= 0.3 is 6.18 Å². The number of halogens is 3. The summed E-state index contributed by atoms with van der Waals surface area (Å²) >= 11 is 0. The minimum atomic E-state index is -4.51. The molecule has 4 rings (SSSR count). The van der Waals surface area contributed by atoms with Crippen LogP contribution < -0.4 is 0 Å². The molecular weight excluding hydrogens is 319 g/mol. The Morgan fingerprint density at radius 3 is 2.96 bits per heavy atom. The van der Waals surface area contributed by atoms with Crippen molar-refractivity contribution in [2.24, 2.45) is 0 Å². The largest absolute Gasteiger partial charge is 0.451 e. The van der Waals surface area contributed by atoms with Crippen LogP contribution in [0.3, 0.4) is 0 Å². The molecule has 1 aliphatic rings. The maximum absolute atomic E-state index is 12.8. The Bertz CT molecular complexity index is 887. The number of fused-ring (bicyclic) bond motifs is 2. The lowest BCUT2D eigenvalue weighted by atomic mass is 10.1. The van der Waals surface area contributed by atoms with Crippen molar-refractivity contribution in [2.45, 2.75) is 25.7 Å². The van der Waals surface area contributed by atoms with Gasteiger partial charge in [-0.15, -0.1) is 0 Å². The molecule has 0 amide bonds. The summed E-state index contributed by atoms with van der Waals surface area (Å²) in [5, 5.41) is 1.03. The quantitative estimate of drug-likeness (QED) is 0.783. The zero-order chi connectivity index (χ0) is 16.7. The highest BCUT2D eigenvalue weighted by atomic mass is 19.4. The van der Waals surface area contributed by atoms with Crippen LogP contribution in [0.4, 0.5) is 13.2 Å². The summed E-state index contributed by atoms with van der Waals surface area (Å²) < 4.78 is 38.4. The van der Waals surface area contributed by atoms with Gasteiger partial charge in [-0.1, -0.05) is 0 Å². The monoisotopic (exact) mass is 333 g/mol. The van der Waals surface area contributed by atoms with E-state index in [4.69, 9.17) is 0 Å². The van der Waals surface area contributed by atoms with Gasteiger partial charge in [-0.2, -0.15) is 13.2 Å². The van der Waals surface area contributed by atoms with E-state index < -0.39 is 12.0 Å². The van der Waals surface area contributed by atoms with Crippen molar-refractivity contribution in [3.05, 3.63) is 53.4 Å². The van der Waals surface area contributed by atoms with E-state index in [-0.39, 0.29) is 0 Å². The molecule has 0 fully saturated rings. The molecule has 5 nitrogen and oxygen atoms in total. The van der Waals surface area contributed by atoms with Crippen molar-refractivity contribution in [3.8, 4) is 0 Å². The molecule has 4 heterocycles. The van der Waals surface area contributed by atoms with Gasteiger partial charge < -0.3 is 4.98 Å². The second-order valence-corrected chi connectivity index (χ2v) is 5.84. The molecule has 124 valence electrons. The van der Waals surface area contributed by atoms with Gasteiger partial charge in [-0.25, -0.2) is 15.0 Å². The van der Waals surface area contributed by atoms with E-state index in [9.17, 15) is 13.2 Å². The first-order chi connectivity index (χ1) is 11.5. The Labute approximate surface area is 135 Å². The second-order valence-electron chi connectivity index (χ2n) is 5.84. The molecular formula is C16H14F3N5. The molecule has 8 heteroatoms. The molecule has 0 spiro atoms. The molecule has 3 aromatic heterocycles. The molecule has 1 aliphatic heterocycles. The van der Waals surface area contributed by atoms with Crippen LogP contribution in [0.2, 0.25) is 0 Å². The van der Waals surface area contributed by atoms with E-state index in [1.165, 1.54) is 6.20 Å². The van der Waals surface area contributed by atoms with Crippen LogP contribution >= 0.6 is 0 Å². The maximum Gasteiger partial charge on any atom is 0.451 e. The molecule has 0 unspecified atom stereocenters. The SMILES string of the molecule is FC(F)(F)c1ncc2c(n1)CN(Cc1c[nH]c3ncccc13)CC2. The number of aromatic amines is 1. The van der Waals surface area contributed by atoms with E-state index in [1.807, 2.05) is 18.3 Å². The molecule has 0 aliphatic carbocycles. The van der Waals surface area contributed by atoms with Gasteiger partial charge in [0, 0.05) is 43.6 Å². The Kier molecular flexibility index (Phi) is 3.49. The number of nitrogens with zero attached hydrogens (tertiary/aromatic N) is 4. The van der Waals surface area contributed by atoms with Gasteiger partial charge in [-0.05, 0) is 29.7 Å². The first-order valence-electron chi connectivity index (χ1n) is 7.56. The minimum Gasteiger partial charge on any atom is -0.346 e. The van der Waals surface area contributed by atoms with Gasteiger partial charge in [0.1, 0.15) is 5.65 Å². The molecule has 0 aromatic carbocycles. The zero-order valence-electron chi connectivity index (χ0n) is 12.6. The topological polar surface area (TPSA) is 57.7 Å². The van der Waals surface area contributed by atoms with Gasteiger partial charge in [0.25, 0.3) is 0 Å². The fourth-order valence-corrected chi connectivity index (χ4v) is 3.01. The standard InChI is InChI=1S/C16H14F3N5/c17-16(18,19)15-22-6-10-3-5-24(9-13(10)23-15)8-11-7-21-14-12(11)2-1-4-20-14/h1-2,4,6-7H,3,5,8-9H2,(H,20,21). The average molecular weight is 333 g/mol. The highest BCUT2D eigenvalue weighted by Gasteiger charge is 2.35. The highest BCUT2D eigenvalue weighted by molar-refractivity contribution is 5.79. The van der Waals surface area contributed by atoms with Gasteiger partial charge in [0.15, 0.2) is 0 Å². The summed E-state index contributed by atoms with van der Waals surface area (Å²) in [4.78, 5) is 16.6. The number of alkyl halides is 3. The van der Waals surface area contributed by atoms with Crippen LogP contribution in [0.15, 0.2) is 30.7 Å². The third-order valence-corrected chi connectivity index (χ3v) is 4.21. The number of hydrogen-bond acceptors (Lipinski definition) is 4. The lowest BCUT2D eigenvalue weighted by molar-refractivity contribution is -0.145. The molecule has 0 bridgehead atoms. The van der Waals surface area contributed by atoms with Crippen molar-refractivity contribution in [3.63, 3.8) is 0 Å². The van der Waals surface area contributed by atoms with Crippen molar-refractivity contribution in [1.29, 1.82) is 0 Å². The normalized spacial score (nSPS) is 15.6. The van der Waals surface area contributed by atoms with Gasteiger partial charge in [-0.3, -0.25) is 4.90 Å². The van der Waals surface area contributed by atoms with E-state index in [0.29, 0.717) is 25.2 Å². The first kappa shape index (κ1) is 15.1. The fraction of sp³-hybridized carbons (Fsp3) is 0.312. The molecule has 24 heavy (non-hydrogen) atoms. The number of hydrogen-bond donors (Lipinski definition) is 1. The summed E-state index contributed by atoms with van der Waals surface area (Å²) in [6.45, 7) is 1.78. The van der Waals surface area contributed by atoms with Crippen LogP contribution in [0.25, 0.3) is 11.0 Å². The predicted octanol–water partition coefficient (Wildman–Crippen LogP) is 2.93. The highest BCUT2D eigenvalue weighted by Crippen LogP contribution is 2.28. The first-order valence-corrected chi connectivity index (χ1v) is 7.56. The summed E-state index contributed by atoms with van der Waals surface area (Å²) in [6, 6.07) is 3.85. The summed E-state index contributed by atoms with van der Waals surface area (Å²) in [7, 11) is 0. The number of rotatable bonds is 2. The molecule has 0 saturated carbocycles. The van der Waals surface area contributed by atoms with Gasteiger partial charge in [0.2, 0.25) is 5.82 Å². The van der Waals surface area contributed by atoms with Gasteiger partial charge in [0.05, 0.1) is 5.69 Å². The number of aromatic nitrogens is 4. The smallest absolute Gasteiger partial charge is 0.346 e. The molecule has 3 aromatic rings. The Hall–Kier alpha value is -2.48.